The summed E-state index contributed by atoms with van der Waals surface area (Å²) in [6.45, 7) is 0.659. The number of likely N-dealkylation sites (tertiary alicyclic amines) is 1. The van der Waals surface area contributed by atoms with E-state index >= 15 is 0 Å². The van der Waals surface area contributed by atoms with Gasteiger partial charge in [0.25, 0.3) is 5.91 Å². The predicted molar refractivity (Wildman–Crippen MR) is 112 cm³/mol. The number of halogens is 3. The summed E-state index contributed by atoms with van der Waals surface area (Å²) in [6, 6.07) is 11.2. The lowest BCUT2D eigenvalue weighted by Gasteiger charge is -2.34. The van der Waals surface area contributed by atoms with Gasteiger partial charge in [-0.05, 0) is 43.0 Å². The average molecular weight is 439 g/mol. The molecule has 3 heterocycles. The molecule has 32 heavy (non-hydrogen) atoms. The van der Waals surface area contributed by atoms with Gasteiger partial charge in [-0.2, -0.15) is 13.2 Å². The van der Waals surface area contributed by atoms with Gasteiger partial charge in [-0.1, -0.05) is 18.2 Å². The van der Waals surface area contributed by atoms with Crippen LogP contribution in [0, 0.1) is 5.92 Å². The molecule has 2 aromatic heterocycles. The second kappa shape index (κ2) is 7.89. The highest BCUT2D eigenvalue weighted by Gasteiger charge is 2.47. The van der Waals surface area contributed by atoms with E-state index in [4.69, 9.17) is 0 Å². The Kier molecular flexibility index (Phi) is 5.03. The SMILES string of the molecule is O=C(c1ccccc1-c1ncccn1)N1C[C@H]2C[C@@H](Nc3ccc(C(F)(F)F)cn3)[C@@H]1C2. The fourth-order valence-electron chi connectivity index (χ4n) is 4.71. The number of nitrogens with one attached hydrogen (secondary N) is 1. The summed E-state index contributed by atoms with van der Waals surface area (Å²) >= 11 is 0. The third-order valence-corrected chi connectivity index (χ3v) is 6.13. The van der Waals surface area contributed by atoms with E-state index in [0.29, 0.717) is 35.2 Å². The second-order valence-electron chi connectivity index (χ2n) is 8.16. The van der Waals surface area contributed by atoms with E-state index in [2.05, 4.69) is 20.3 Å². The summed E-state index contributed by atoms with van der Waals surface area (Å²) in [7, 11) is 0. The van der Waals surface area contributed by atoms with E-state index in [1.807, 2.05) is 23.1 Å². The first-order valence-electron chi connectivity index (χ1n) is 10.4. The lowest BCUT2D eigenvalue weighted by atomic mass is 10.0. The second-order valence-corrected chi connectivity index (χ2v) is 8.16. The summed E-state index contributed by atoms with van der Waals surface area (Å²) in [4.78, 5) is 27.8. The molecule has 5 rings (SSSR count). The molecule has 2 fully saturated rings. The van der Waals surface area contributed by atoms with Crippen LogP contribution in [0.5, 0.6) is 0 Å². The Morgan fingerprint density at radius 1 is 1.00 bits per heavy atom. The molecule has 1 aliphatic carbocycles. The van der Waals surface area contributed by atoms with Crippen LogP contribution in [0.4, 0.5) is 19.0 Å². The number of anilines is 1. The number of fused-ring (bicyclic) bond motifs is 2. The highest BCUT2D eigenvalue weighted by molar-refractivity contribution is 6.00. The minimum Gasteiger partial charge on any atom is -0.365 e. The third-order valence-electron chi connectivity index (χ3n) is 6.13. The predicted octanol–water partition coefficient (Wildman–Crippen LogP) is 4.27. The zero-order valence-electron chi connectivity index (χ0n) is 17.0. The molecule has 2 aliphatic rings. The monoisotopic (exact) mass is 439 g/mol. The van der Waals surface area contributed by atoms with Crippen molar-refractivity contribution in [2.45, 2.75) is 31.1 Å². The smallest absolute Gasteiger partial charge is 0.365 e. The van der Waals surface area contributed by atoms with Crippen LogP contribution in [0.15, 0.2) is 61.1 Å². The molecule has 1 aromatic carbocycles. The van der Waals surface area contributed by atoms with Crippen molar-refractivity contribution >= 4 is 11.7 Å². The van der Waals surface area contributed by atoms with Gasteiger partial charge in [-0.15, -0.1) is 0 Å². The van der Waals surface area contributed by atoms with Gasteiger partial charge in [0.05, 0.1) is 17.2 Å². The lowest BCUT2D eigenvalue weighted by Crippen LogP contribution is -2.47. The minimum absolute atomic E-state index is 0.0543. The number of nitrogens with zero attached hydrogens (tertiary/aromatic N) is 4. The van der Waals surface area contributed by atoms with Crippen LogP contribution < -0.4 is 5.32 Å². The molecule has 1 amide bonds. The van der Waals surface area contributed by atoms with E-state index in [9.17, 15) is 18.0 Å². The average Bonchev–Trinajstić information content (AvgIpc) is 3.40. The van der Waals surface area contributed by atoms with Gasteiger partial charge in [0, 0.05) is 36.7 Å². The van der Waals surface area contributed by atoms with Gasteiger partial charge >= 0.3 is 6.18 Å². The molecule has 1 N–H and O–H groups in total. The number of carbonyl (C=O) groups is 1. The first-order valence-corrected chi connectivity index (χ1v) is 10.4. The highest BCUT2D eigenvalue weighted by atomic mass is 19.4. The number of aromatic nitrogens is 3. The molecule has 1 saturated heterocycles. The fraction of sp³-hybridized carbons (Fsp3) is 0.304. The van der Waals surface area contributed by atoms with Gasteiger partial charge in [0.15, 0.2) is 5.82 Å². The molecule has 3 aromatic rings. The Bertz CT molecular complexity index is 1120. The summed E-state index contributed by atoms with van der Waals surface area (Å²) in [5, 5.41) is 3.24. The molecule has 164 valence electrons. The molecule has 3 atom stereocenters. The Labute approximate surface area is 182 Å². The van der Waals surface area contributed by atoms with Gasteiger partial charge < -0.3 is 10.2 Å². The number of rotatable bonds is 4. The van der Waals surface area contributed by atoms with Crippen molar-refractivity contribution in [3.05, 3.63) is 72.2 Å². The third kappa shape index (κ3) is 3.79. The van der Waals surface area contributed by atoms with E-state index < -0.39 is 11.7 Å². The van der Waals surface area contributed by atoms with Crippen LogP contribution in [-0.2, 0) is 6.18 Å². The molecule has 1 saturated carbocycles. The zero-order chi connectivity index (χ0) is 22.3. The first-order chi connectivity index (χ1) is 15.4. The number of piperidine rings is 1. The lowest BCUT2D eigenvalue weighted by molar-refractivity contribution is -0.137. The first kappa shape index (κ1) is 20.4. The largest absolute Gasteiger partial charge is 0.417 e. The fourth-order valence-corrected chi connectivity index (χ4v) is 4.71. The normalized spacial score (nSPS) is 22.2. The van der Waals surface area contributed by atoms with Gasteiger partial charge in [-0.25, -0.2) is 15.0 Å². The molecule has 0 unspecified atom stereocenters. The van der Waals surface area contributed by atoms with Crippen LogP contribution in [0.1, 0.15) is 28.8 Å². The summed E-state index contributed by atoms with van der Waals surface area (Å²) in [5.74, 6) is 1.12. The number of carbonyl (C=O) groups excluding carboxylic acids is 1. The Morgan fingerprint density at radius 3 is 2.47 bits per heavy atom. The molecule has 6 nitrogen and oxygen atoms in total. The van der Waals surface area contributed by atoms with Gasteiger partial charge in [0.2, 0.25) is 0 Å². The van der Waals surface area contributed by atoms with Crippen molar-refractivity contribution in [3.63, 3.8) is 0 Å². The number of benzene rings is 1. The zero-order valence-corrected chi connectivity index (χ0v) is 17.0. The number of amides is 1. The standard InChI is InChI=1S/C23H20F3N5O/c24-23(25,26)15-6-7-20(29-12-15)30-18-10-14-11-19(18)31(13-14)22(32)17-5-2-1-4-16(17)21-27-8-3-9-28-21/h1-9,12,14,18-19H,10-11,13H2,(H,29,30)/t14-,18+,19-/m0/s1. The quantitative estimate of drug-likeness (QED) is 0.657. The molecule has 1 aliphatic heterocycles. The Hall–Kier alpha value is -3.49. The summed E-state index contributed by atoms with van der Waals surface area (Å²) in [5.41, 5.74) is 0.431. The van der Waals surface area contributed by atoms with Crippen LogP contribution in [0.3, 0.4) is 0 Å². The van der Waals surface area contributed by atoms with E-state index in [1.165, 1.54) is 6.07 Å². The number of hydrogen-bond donors (Lipinski definition) is 1. The molecular weight excluding hydrogens is 419 g/mol. The van der Waals surface area contributed by atoms with Crippen LogP contribution in [0.2, 0.25) is 0 Å². The number of pyridine rings is 1. The minimum atomic E-state index is -4.42. The maximum atomic E-state index is 13.5. The van der Waals surface area contributed by atoms with Crippen molar-refractivity contribution in [1.82, 2.24) is 19.9 Å². The van der Waals surface area contributed by atoms with Gasteiger partial charge in [0.1, 0.15) is 5.82 Å². The van der Waals surface area contributed by atoms with Crippen molar-refractivity contribution in [2.24, 2.45) is 5.92 Å². The number of alkyl halides is 3. The van der Waals surface area contributed by atoms with E-state index in [0.717, 1.165) is 25.1 Å². The topological polar surface area (TPSA) is 71.0 Å². The molecule has 2 bridgehead atoms. The van der Waals surface area contributed by atoms with Crippen molar-refractivity contribution in [3.8, 4) is 11.4 Å². The van der Waals surface area contributed by atoms with Crippen LogP contribution in [0.25, 0.3) is 11.4 Å². The number of hydrogen-bond acceptors (Lipinski definition) is 5. The van der Waals surface area contributed by atoms with Crippen LogP contribution >= 0.6 is 0 Å². The Balaban J connectivity index is 1.35. The van der Waals surface area contributed by atoms with Crippen LogP contribution in [-0.4, -0.2) is 44.4 Å². The highest BCUT2D eigenvalue weighted by Crippen LogP contribution is 2.40. The molecule has 0 radical (unpaired) electrons. The molecule has 0 spiro atoms. The van der Waals surface area contributed by atoms with Crippen molar-refractivity contribution in [2.75, 3.05) is 11.9 Å². The van der Waals surface area contributed by atoms with Crippen molar-refractivity contribution < 1.29 is 18.0 Å². The Morgan fingerprint density at radius 2 is 1.78 bits per heavy atom. The van der Waals surface area contributed by atoms with Crippen molar-refractivity contribution in [1.29, 1.82) is 0 Å². The van der Waals surface area contributed by atoms with Gasteiger partial charge in [-0.3, -0.25) is 4.79 Å². The molecular formula is C23H20F3N5O. The maximum absolute atomic E-state index is 13.5. The summed E-state index contributed by atoms with van der Waals surface area (Å²) < 4.78 is 38.4. The molecule has 9 heteroatoms. The maximum Gasteiger partial charge on any atom is 0.417 e. The summed E-state index contributed by atoms with van der Waals surface area (Å²) in [6.07, 6.45) is 1.39. The van der Waals surface area contributed by atoms with E-state index in [1.54, 1.807) is 24.5 Å². The van der Waals surface area contributed by atoms with E-state index in [-0.39, 0.29) is 18.0 Å².